The first-order chi connectivity index (χ1) is 16.5. The van der Waals surface area contributed by atoms with Crippen LogP contribution in [0, 0.1) is 13.8 Å². The van der Waals surface area contributed by atoms with Crippen molar-refractivity contribution in [3.8, 4) is 28.7 Å². The van der Waals surface area contributed by atoms with Crippen LogP contribution in [0.1, 0.15) is 11.1 Å². The molecule has 0 unspecified atom stereocenters. The number of pyridine rings is 1. The Morgan fingerprint density at radius 1 is 1.03 bits per heavy atom. The van der Waals surface area contributed by atoms with Crippen LogP contribution in [0.2, 0.25) is 0 Å². The molecule has 0 radical (unpaired) electrons. The normalized spacial score (nSPS) is 10.7. The molecule has 174 valence electrons. The van der Waals surface area contributed by atoms with E-state index >= 15 is 0 Å². The number of methoxy groups -OCH3 is 2. The number of ether oxygens (including phenoxy) is 2. The monoisotopic (exact) mass is 475 g/mol. The van der Waals surface area contributed by atoms with Crippen molar-refractivity contribution in [3.63, 3.8) is 0 Å². The van der Waals surface area contributed by atoms with Gasteiger partial charge in [0.05, 0.1) is 31.3 Å². The average Bonchev–Trinajstić information content (AvgIpc) is 3.27. The van der Waals surface area contributed by atoms with Crippen molar-refractivity contribution in [2.45, 2.75) is 19.0 Å². The third-order valence-corrected chi connectivity index (χ3v) is 6.06. The molecule has 4 aromatic rings. The third kappa shape index (κ3) is 5.04. The molecule has 0 spiro atoms. The summed E-state index contributed by atoms with van der Waals surface area (Å²) in [6.45, 7) is 4.09. The van der Waals surface area contributed by atoms with E-state index in [1.807, 2.05) is 41.8 Å². The number of carbonyl (C=O) groups excluding carboxylic acids is 1. The molecule has 0 atom stereocenters. The van der Waals surface area contributed by atoms with Gasteiger partial charge in [-0.15, -0.1) is 10.2 Å². The molecule has 2 heterocycles. The maximum atomic E-state index is 12.8. The van der Waals surface area contributed by atoms with Gasteiger partial charge in [-0.05, 0) is 49.7 Å². The predicted molar refractivity (Wildman–Crippen MR) is 133 cm³/mol. The van der Waals surface area contributed by atoms with Crippen LogP contribution in [0.15, 0.2) is 66.0 Å². The van der Waals surface area contributed by atoms with E-state index < -0.39 is 0 Å². The van der Waals surface area contributed by atoms with E-state index in [1.165, 1.54) is 11.8 Å². The summed E-state index contributed by atoms with van der Waals surface area (Å²) in [6.07, 6.45) is 1.72. The molecule has 0 saturated carbocycles. The quantitative estimate of drug-likeness (QED) is 0.370. The van der Waals surface area contributed by atoms with Gasteiger partial charge in [-0.3, -0.25) is 14.3 Å². The molecule has 0 bridgehead atoms. The topological polar surface area (TPSA) is 91.2 Å². The molecule has 34 heavy (non-hydrogen) atoms. The number of anilines is 1. The van der Waals surface area contributed by atoms with E-state index in [0.717, 1.165) is 16.8 Å². The van der Waals surface area contributed by atoms with E-state index in [9.17, 15) is 4.79 Å². The summed E-state index contributed by atoms with van der Waals surface area (Å²) in [5.41, 5.74) is 4.45. The molecule has 0 fully saturated rings. The molecule has 2 aromatic heterocycles. The first-order valence-corrected chi connectivity index (χ1v) is 11.6. The number of hydrogen-bond donors (Lipinski definition) is 1. The van der Waals surface area contributed by atoms with Gasteiger partial charge in [0.2, 0.25) is 5.91 Å². The van der Waals surface area contributed by atoms with Crippen molar-refractivity contribution in [1.82, 2.24) is 19.7 Å². The third-order valence-electron chi connectivity index (χ3n) is 5.14. The predicted octanol–water partition coefficient (Wildman–Crippen LogP) is 4.69. The molecule has 2 aromatic carbocycles. The fraction of sp³-hybridized carbons (Fsp3) is 0.200. The van der Waals surface area contributed by atoms with E-state index in [2.05, 4.69) is 33.5 Å². The van der Waals surface area contributed by atoms with Crippen molar-refractivity contribution in [2.75, 3.05) is 25.3 Å². The van der Waals surface area contributed by atoms with Crippen molar-refractivity contribution in [1.29, 1.82) is 0 Å². The SMILES string of the molecule is COc1ccc(NC(=O)CSc2nnc(-c3ccccn3)n2-c2ccc(C)cc2C)c(OC)c1. The minimum Gasteiger partial charge on any atom is -0.497 e. The molecular weight excluding hydrogens is 450 g/mol. The summed E-state index contributed by atoms with van der Waals surface area (Å²) in [4.78, 5) is 17.2. The van der Waals surface area contributed by atoms with Gasteiger partial charge in [0.15, 0.2) is 11.0 Å². The second-order valence-electron chi connectivity index (χ2n) is 7.55. The summed E-state index contributed by atoms with van der Waals surface area (Å²) in [7, 11) is 3.12. The smallest absolute Gasteiger partial charge is 0.234 e. The molecule has 8 nitrogen and oxygen atoms in total. The molecule has 0 aliphatic heterocycles. The number of hydrogen-bond acceptors (Lipinski definition) is 7. The highest BCUT2D eigenvalue weighted by molar-refractivity contribution is 7.99. The van der Waals surface area contributed by atoms with E-state index in [-0.39, 0.29) is 11.7 Å². The number of benzene rings is 2. The fourth-order valence-electron chi connectivity index (χ4n) is 3.52. The first kappa shape index (κ1) is 23.3. The van der Waals surface area contributed by atoms with Gasteiger partial charge in [-0.1, -0.05) is 35.5 Å². The maximum absolute atomic E-state index is 12.8. The number of amides is 1. The van der Waals surface area contributed by atoms with Crippen LogP contribution >= 0.6 is 11.8 Å². The molecule has 9 heteroatoms. The zero-order valence-corrected chi connectivity index (χ0v) is 20.2. The highest BCUT2D eigenvalue weighted by Crippen LogP contribution is 2.31. The van der Waals surface area contributed by atoms with Crippen molar-refractivity contribution >= 4 is 23.4 Å². The number of aromatic nitrogens is 4. The molecule has 1 N–H and O–H groups in total. The average molecular weight is 476 g/mol. The Kier molecular flexibility index (Phi) is 7.12. The number of thioether (sulfide) groups is 1. The number of rotatable bonds is 8. The van der Waals surface area contributed by atoms with Gasteiger partial charge in [0, 0.05) is 12.3 Å². The lowest BCUT2D eigenvalue weighted by Gasteiger charge is -2.14. The summed E-state index contributed by atoms with van der Waals surface area (Å²) in [5.74, 6) is 1.73. The number of carbonyl (C=O) groups is 1. The van der Waals surface area contributed by atoms with Gasteiger partial charge in [-0.2, -0.15) is 0 Å². The lowest BCUT2D eigenvalue weighted by molar-refractivity contribution is -0.113. The minimum atomic E-state index is -0.192. The van der Waals surface area contributed by atoms with Crippen LogP contribution in [0.5, 0.6) is 11.5 Å². The molecule has 4 rings (SSSR count). The van der Waals surface area contributed by atoms with Gasteiger partial charge in [0.25, 0.3) is 0 Å². The van der Waals surface area contributed by atoms with E-state index in [0.29, 0.717) is 33.9 Å². The van der Waals surface area contributed by atoms with Crippen LogP contribution in [0.3, 0.4) is 0 Å². The zero-order chi connectivity index (χ0) is 24.1. The van der Waals surface area contributed by atoms with Crippen LogP contribution in [0.25, 0.3) is 17.2 Å². The Labute approximate surface area is 202 Å². The Morgan fingerprint density at radius 2 is 1.88 bits per heavy atom. The van der Waals surface area contributed by atoms with Gasteiger partial charge < -0.3 is 14.8 Å². The zero-order valence-electron chi connectivity index (χ0n) is 19.4. The highest BCUT2D eigenvalue weighted by atomic mass is 32.2. The Balaban J connectivity index is 1.60. The van der Waals surface area contributed by atoms with Crippen LogP contribution in [0.4, 0.5) is 5.69 Å². The van der Waals surface area contributed by atoms with Crippen molar-refractivity contribution in [3.05, 3.63) is 71.9 Å². The summed E-state index contributed by atoms with van der Waals surface area (Å²) in [6, 6.07) is 17.1. The fourth-order valence-corrected chi connectivity index (χ4v) is 4.26. The summed E-state index contributed by atoms with van der Waals surface area (Å²) in [5, 5.41) is 12.3. The Hall–Kier alpha value is -3.85. The Bertz CT molecular complexity index is 1310. The van der Waals surface area contributed by atoms with E-state index in [1.54, 1.807) is 38.6 Å². The molecule has 0 saturated heterocycles. The minimum absolute atomic E-state index is 0.139. The summed E-state index contributed by atoms with van der Waals surface area (Å²) >= 11 is 1.30. The number of nitrogens with zero attached hydrogens (tertiary/aromatic N) is 4. The number of aryl methyl sites for hydroxylation is 2. The number of nitrogens with one attached hydrogen (secondary N) is 1. The molecule has 1 amide bonds. The molecular formula is C25H25N5O3S. The van der Waals surface area contributed by atoms with Crippen LogP contribution < -0.4 is 14.8 Å². The van der Waals surface area contributed by atoms with E-state index in [4.69, 9.17) is 9.47 Å². The molecule has 0 aliphatic rings. The lowest BCUT2D eigenvalue weighted by Crippen LogP contribution is -2.15. The lowest BCUT2D eigenvalue weighted by atomic mass is 10.1. The van der Waals surface area contributed by atoms with Crippen molar-refractivity contribution < 1.29 is 14.3 Å². The van der Waals surface area contributed by atoms with Gasteiger partial charge in [0.1, 0.15) is 17.2 Å². The Morgan fingerprint density at radius 3 is 2.59 bits per heavy atom. The van der Waals surface area contributed by atoms with Crippen LogP contribution in [-0.4, -0.2) is 45.6 Å². The standard InChI is InChI=1S/C25H25N5O3S/c1-16-8-11-21(17(2)13-16)30-24(20-7-5-6-12-26-20)28-29-25(30)34-15-23(31)27-19-10-9-18(32-3)14-22(19)33-4/h5-14H,15H2,1-4H3,(H,27,31). The summed E-state index contributed by atoms with van der Waals surface area (Å²) < 4.78 is 12.5. The van der Waals surface area contributed by atoms with Crippen molar-refractivity contribution in [2.24, 2.45) is 0 Å². The molecule has 0 aliphatic carbocycles. The largest absolute Gasteiger partial charge is 0.497 e. The van der Waals surface area contributed by atoms with Gasteiger partial charge in [-0.25, -0.2) is 0 Å². The second kappa shape index (κ2) is 10.4. The van der Waals surface area contributed by atoms with Crippen LogP contribution in [-0.2, 0) is 4.79 Å². The second-order valence-corrected chi connectivity index (χ2v) is 8.49. The first-order valence-electron chi connectivity index (χ1n) is 10.6. The van der Waals surface area contributed by atoms with Gasteiger partial charge >= 0.3 is 0 Å². The highest BCUT2D eigenvalue weighted by Gasteiger charge is 2.19. The maximum Gasteiger partial charge on any atom is 0.234 e.